The third kappa shape index (κ3) is 21.8. The van der Waals surface area contributed by atoms with E-state index in [-0.39, 0.29) is 18.3 Å². The minimum Gasteiger partial charge on any atom is -1.00 e. The zero-order valence-electron chi connectivity index (χ0n) is 19.2. The van der Waals surface area contributed by atoms with Crippen LogP contribution in [0.5, 0.6) is 0 Å². The van der Waals surface area contributed by atoms with Gasteiger partial charge in [-0.3, -0.25) is 4.79 Å². The number of nitrogens with one attached hydrogen (secondary N) is 1. The summed E-state index contributed by atoms with van der Waals surface area (Å²) in [4.78, 5) is 11.1. The first-order valence-corrected chi connectivity index (χ1v) is 11.7. The summed E-state index contributed by atoms with van der Waals surface area (Å²) in [5, 5.41) is 2.86. The molecule has 0 saturated carbocycles. The molecule has 4 heteroatoms. The average molecular weight is 417 g/mol. The molecule has 0 bridgehead atoms. The Balaban J connectivity index is 0. The topological polar surface area (TPSA) is 29.1 Å². The Bertz CT molecular complexity index is 359. The van der Waals surface area contributed by atoms with E-state index in [1.54, 1.807) is 0 Å². The van der Waals surface area contributed by atoms with Gasteiger partial charge in [0.1, 0.15) is 0 Å². The van der Waals surface area contributed by atoms with Gasteiger partial charge in [-0.2, -0.15) is 0 Å². The first kappa shape index (κ1) is 29.7. The van der Waals surface area contributed by atoms with Crippen molar-refractivity contribution in [2.45, 2.75) is 103 Å². The minimum absolute atomic E-state index is 0. The van der Waals surface area contributed by atoms with Gasteiger partial charge in [-0.25, -0.2) is 0 Å². The number of carbonyl (C=O) groups is 1. The van der Waals surface area contributed by atoms with E-state index in [2.05, 4.69) is 32.9 Å². The maximum absolute atomic E-state index is 11.1. The van der Waals surface area contributed by atoms with Crippen LogP contribution in [0.25, 0.3) is 0 Å². The number of quaternary nitrogens is 1. The van der Waals surface area contributed by atoms with Crippen LogP contribution >= 0.6 is 0 Å². The largest absolute Gasteiger partial charge is 1.00 e. The molecule has 1 N–H and O–H groups in total. The number of hydrogen-bond donors (Lipinski definition) is 1. The lowest BCUT2D eigenvalue weighted by Gasteiger charge is -2.30. The van der Waals surface area contributed by atoms with Crippen molar-refractivity contribution in [3.63, 3.8) is 0 Å². The summed E-state index contributed by atoms with van der Waals surface area (Å²) in [5.74, 6) is -0.0627. The van der Waals surface area contributed by atoms with Crippen LogP contribution in [0.2, 0.25) is 0 Å². The third-order valence-electron chi connectivity index (χ3n) is 5.54. The maximum Gasteiger partial charge on any atom is 0.243 e. The molecule has 28 heavy (non-hydrogen) atoms. The standard InChI is InChI=1S/C24H48N2O.ClH/c1-5-7-8-9-10-11-12-13-14-15-16-17-18-19-22-26(3,4)23-20-21-25-24(27)6-2;/h6H,2,5,7-23H2,1,3-4H3;1H. The molecule has 0 spiro atoms. The van der Waals surface area contributed by atoms with Crippen molar-refractivity contribution >= 4 is 5.91 Å². The molecule has 0 fully saturated rings. The lowest BCUT2D eigenvalue weighted by Crippen LogP contribution is -3.00. The summed E-state index contributed by atoms with van der Waals surface area (Å²) in [6, 6.07) is 0. The molecule has 0 saturated heterocycles. The lowest BCUT2D eigenvalue weighted by molar-refractivity contribution is -0.890. The van der Waals surface area contributed by atoms with Crippen molar-refractivity contribution in [1.82, 2.24) is 5.32 Å². The summed E-state index contributed by atoms with van der Waals surface area (Å²) in [6.07, 6.45) is 22.2. The second-order valence-electron chi connectivity index (χ2n) is 8.83. The molecular formula is C24H49ClN2O. The molecule has 168 valence electrons. The van der Waals surface area contributed by atoms with Crippen LogP contribution in [-0.4, -0.2) is 44.1 Å². The van der Waals surface area contributed by atoms with Gasteiger partial charge in [-0.1, -0.05) is 90.6 Å². The molecule has 0 rings (SSSR count). The SMILES string of the molecule is C=CC(=O)NCCC[N+](C)(C)CCCCCCCCCCCCCCCC.[Cl-]. The fourth-order valence-electron chi connectivity index (χ4n) is 3.64. The highest BCUT2D eigenvalue weighted by atomic mass is 35.5. The normalized spacial score (nSPS) is 11.1. The van der Waals surface area contributed by atoms with Crippen LogP contribution in [0.15, 0.2) is 12.7 Å². The third-order valence-corrected chi connectivity index (χ3v) is 5.54. The Morgan fingerprint density at radius 2 is 1.14 bits per heavy atom. The van der Waals surface area contributed by atoms with Crippen LogP contribution in [0.1, 0.15) is 103 Å². The van der Waals surface area contributed by atoms with Gasteiger partial charge in [0.05, 0.1) is 27.2 Å². The summed E-state index contributed by atoms with van der Waals surface area (Å²) in [7, 11) is 4.61. The highest BCUT2D eigenvalue weighted by Crippen LogP contribution is 2.13. The maximum atomic E-state index is 11.1. The van der Waals surface area contributed by atoms with Crippen molar-refractivity contribution in [1.29, 1.82) is 0 Å². The Hall–Kier alpha value is -0.540. The number of rotatable bonds is 20. The van der Waals surface area contributed by atoms with Crippen molar-refractivity contribution in [3.8, 4) is 0 Å². The van der Waals surface area contributed by atoms with E-state index >= 15 is 0 Å². The van der Waals surface area contributed by atoms with Gasteiger partial charge in [-0.05, 0) is 18.9 Å². The number of hydrogen-bond acceptors (Lipinski definition) is 1. The molecule has 1 amide bonds. The van der Waals surface area contributed by atoms with E-state index in [1.807, 2.05) is 0 Å². The van der Waals surface area contributed by atoms with Gasteiger partial charge in [0.25, 0.3) is 0 Å². The Labute approximate surface area is 182 Å². The van der Waals surface area contributed by atoms with Crippen molar-refractivity contribution in [2.24, 2.45) is 0 Å². The van der Waals surface area contributed by atoms with Gasteiger partial charge in [0.15, 0.2) is 0 Å². The number of amides is 1. The lowest BCUT2D eigenvalue weighted by atomic mass is 10.0. The fourth-order valence-corrected chi connectivity index (χ4v) is 3.64. The fraction of sp³-hybridized carbons (Fsp3) is 0.875. The van der Waals surface area contributed by atoms with E-state index in [9.17, 15) is 4.79 Å². The van der Waals surface area contributed by atoms with Crippen LogP contribution in [0.4, 0.5) is 0 Å². The summed E-state index contributed by atoms with van der Waals surface area (Å²) >= 11 is 0. The number of unbranched alkanes of at least 4 members (excludes halogenated alkanes) is 13. The Morgan fingerprint density at radius 3 is 1.57 bits per heavy atom. The quantitative estimate of drug-likeness (QED) is 0.184. The van der Waals surface area contributed by atoms with Gasteiger partial charge in [0.2, 0.25) is 5.91 Å². The molecule has 0 unspecified atom stereocenters. The molecule has 0 radical (unpaired) electrons. The summed E-state index contributed by atoms with van der Waals surface area (Å²) in [5.41, 5.74) is 0. The second kappa shape index (κ2) is 21.2. The minimum atomic E-state index is -0.0627. The smallest absolute Gasteiger partial charge is 0.243 e. The monoisotopic (exact) mass is 416 g/mol. The molecule has 0 atom stereocenters. The zero-order valence-corrected chi connectivity index (χ0v) is 20.0. The molecule has 0 heterocycles. The van der Waals surface area contributed by atoms with Crippen molar-refractivity contribution < 1.29 is 21.7 Å². The molecule has 3 nitrogen and oxygen atoms in total. The predicted molar refractivity (Wildman–Crippen MR) is 120 cm³/mol. The predicted octanol–water partition coefficient (Wildman–Crippen LogP) is 3.24. The second-order valence-corrected chi connectivity index (χ2v) is 8.83. The average Bonchev–Trinajstić information content (AvgIpc) is 2.65. The van der Waals surface area contributed by atoms with Crippen molar-refractivity contribution in [3.05, 3.63) is 12.7 Å². The van der Waals surface area contributed by atoms with E-state index in [4.69, 9.17) is 0 Å². The number of nitrogens with zero attached hydrogens (tertiary/aromatic N) is 1. The first-order chi connectivity index (χ1) is 13.0. The molecular weight excluding hydrogens is 368 g/mol. The van der Waals surface area contributed by atoms with E-state index in [0.717, 1.165) is 24.0 Å². The summed E-state index contributed by atoms with van der Waals surface area (Å²) < 4.78 is 1.06. The van der Waals surface area contributed by atoms with Crippen LogP contribution in [0.3, 0.4) is 0 Å². The van der Waals surface area contributed by atoms with Gasteiger partial charge in [0, 0.05) is 13.0 Å². The van der Waals surface area contributed by atoms with E-state index < -0.39 is 0 Å². The number of carbonyl (C=O) groups excluding carboxylic acids is 1. The van der Waals surface area contributed by atoms with E-state index in [1.165, 1.54) is 103 Å². The van der Waals surface area contributed by atoms with E-state index in [0.29, 0.717) is 0 Å². The van der Waals surface area contributed by atoms with Crippen LogP contribution in [0, 0.1) is 0 Å². The highest BCUT2D eigenvalue weighted by molar-refractivity contribution is 5.86. The van der Waals surface area contributed by atoms with Gasteiger partial charge < -0.3 is 22.2 Å². The van der Waals surface area contributed by atoms with Crippen LogP contribution < -0.4 is 17.7 Å². The molecule has 0 aliphatic heterocycles. The van der Waals surface area contributed by atoms with Gasteiger partial charge in [-0.15, -0.1) is 0 Å². The Morgan fingerprint density at radius 1 is 0.750 bits per heavy atom. The molecule has 0 aliphatic rings. The molecule has 0 aromatic rings. The Kier molecular flexibility index (Phi) is 22.4. The first-order valence-electron chi connectivity index (χ1n) is 11.7. The van der Waals surface area contributed by atoms with Crippen molar-refractivity contribution in [2.75, 3.05) is 33.7 Å². The molecule has 0 aliphatic carbocycles. The summed E-state index contributed by atoms with van der Waals surface area (Å²) in [6.45, 7) is 8.88. The highest BCUT2D eigenvalue weighted by Gasteiger charge is 2.13. The number of halogens is 1. The van der Waals surface area contributed by atoms with Gasteiger partial charge >= 0.3 is 0 Å². The van der Waals surface area contributed by atoms with Crippen LogP contribution in [-0.2, 0) is 4.79 Å². The zero-order chi connectivity index (χ0) is 20.2. The molecule has 0 aromatic carbocycles. The molecule has 0 aromatic heterocycles.